The number of ether oxygens (including phenoxy) is 3. The molecule has 2 aromatic carbocycles. The van der Waals surface area contributed by atoms with Gasteiger partial charge in [0.2, 0.25) is 0 Å². The smallest absolute Gasteiger partial charge is 0.257 e. The van der Waals surface area contributed by atoms with Crippen molar-refractivity contribution in [1.82, 2.24) is 4.90 Å². The topological polar surface area (TPSA) is 60.0 Å². The van der Waals surface area contributed by atoms with Gasteiger partial charge in [-0.1, -0.05) is 18.2 Å². The fourth-order valence-electron chi connectivity index (χ4n) is 3.11. The number of carbonyl (C=O) groups excluding carboxylic acids is 1. The van der Waals surface area contributed by atoms with E-state index in [0.717, 1.165) is 11.3 Å². The third kappa shape index (κ3) is 3.46. The van der Waals surface area contributed by atoms with E-state index in [4.69, 9.17) is 14.2 Å². The minimum atomic E-state index is -0.308. The van der Waals surface area contributed by atoms with E-state index >= 15 is 0 Å². The molecule has 6 nitrogen and oxygen atoms in total. The average molecular weight is 356 g/mol. The first kappa shape index (κ1) is 18.1. The van der Waals surface area contributed by atoms with E-state index in [9.17, 15) is 4.79 Å². The van der Waals surface area contributed by atoms with Gasteiger partial charge in [0.25, 0.3) is 5.91 Å². The number of anilines is 1. The number of nitrogens with zero attached hydrogens (tertiary/aromatic N) is 1. The molecule has 2 aromatic rings. The first-order chi connectivity index (χ1) is 12.7. The number of benzene rings is 2. The zero-order chi connectivity index (χ0) is 18.5. The number of hydrogen-bond donors (Lipinski definition) is 1. The molecule has 0 fully saturated rings. The van der Waals surface area contributed by atoms with Crippen LogP contribution in [0.25, 0.3) is 0 Å². The summed E-state index contributed by atoms with van der Waals surface area (Å²) in [7, 11) is 3.24. The third-order valence-electron chi connectivity index (χ3n) is 4.36. The lowest BCUT2D eigenvalue weighted by Gasteiger charge is -2.38. The number of fused-ring (bicyclic) bond motifs is 1. The summed E-state index contributed by atoms with van der Waals surface area (Å²) in [5.74, 6) is 1.31. The van der Waals surface area contributed by atoms with Crippen molar-refractivity contribution in [3.8, 4) is 11.5 Å². The Morgan fingerprint density at radius 2 is 1.92 bits per heavy atom. The van der Waals surface area contributed by atoms with Crippen molar-refractivity contribution in [1.29, 1.82) is 0 Å². The van der Waals surface area contributed by atoms with Crippen LogP contribution in [0.3, 0.4) is 0 Å². The van der Waals surface area contributed by atoms with Crippen LogP contribution in [-0.2, 0) is 4.74 Å². The van der Waals surface area contributed by atoms with Gasteiger partial charge in [0, 0.05) is 19.3 Å². The molecule has 1 atom stereocenters. The lowest BCUT2D eigenvalue weighted by molar-refractivity contribution is 0.0609. The Labute approximate surface area is 153 Å². The third-order valence-corrected chi connectivity index (χ3v) is 4.36. The van der Waals surface area contributed by atoms with Crippen molar-refractivity contribution in [2.75, 3.05) is 39.3 Å². The number of carbonyl (C=O) groups is 1. The molecular weight excluding hydrogens is 332 g/mol. The lowest BCUT2D eigenvalue weighted by atomic mass is 10.0. The number of nitrogens with one attached hydrogen (secondary N) is 1. The number of para-hydroxylation sites is 1. The molecule has 6 heteroatoms. The van der Waals surface area contributed by atoms with Gasteiger partial charge in [-0.2, -0.15) is 0 Å². The maximum atomic E-state index is 13.0. The van der Waals surface area contributed by atoms with E-state index < -0.39 is 0 Å². The van der Waals surface area contributed by atoms with Gasteiger partial charge >= 0.3 is 0 Å². The quantitative estimate of drug-likeness (QED) is 0.825. The maximum Gasteiger partial charge on any atom is 0.257 e. The molecule has 0 bridgehead atoms. The van der Waals surface area contributed by atoms with Crippen LogP contribution >= 0.6 is 0 Å². The van der Waals surface area contributed by atoms with Crippen molar-refractivity contribution < 1.29 is 19.0 Å². The van der Waals surface area contributed by atoms with Crippen LogP contribution in [0.15, 0.2) is 42.5 Å². The summed E-state index contributed by atoms with van der Waals surface area (Å²) in [6.07, 6.45) is -0.308. The van der Waals surface area contributed by atoms with E-state index in [0.29, 0.717) is 36.8 Å². The zero-order valence-corrected chi connectivity index (χ0v) is 15.3. The van der Waals surface area contributed by atoms with Crippen molar-refractivity contribution in [3.05, 3.63) is 53.6 Å². The monoisotopic (exact) mass is 356 g/mol. The summed E-state index contributed by atoms with van der Waals surface area (Å²) < 4.78 is 16.2. The predicted molar refractivity (Wildman–Crippen MR) is 99.9 cm³/mol. The summed E-state index contributed by atoms with van der Waals surface area (Å²) in [5, 5.41) is 3.46. The van der Waals surface area contributed by atoms with E-state index in [1.54, 1.807) is 19.1 Å². The van der Waals surface area contributed by atoms with Gasteiger partial charge in [0.05, 0.1) is 25.9 Å². The Morgan fingerprint density at radius 3 is 2.65 bits per heavy atom. The van der Waals surface area contributed by atoms with Gasteiger partial charge in [-0.25, -0.2) is 0 Å². The Hall–Kier alpha value is -2.73. The highest BCUT2D eigenvalue weighted by atomic mass is 16.5. The number of methoxy groups -OCH3 is 2. The minimum absolute atomic E-state index is 0.0192. The summed E-state index contributed by atoms with van der Waals surface area (Å²) >= 11 is 0. The second kappa shape index (κ2) is 8.10. The van der Waals surface area contributed by atoms with Crippen molar-refractivity contribution >= 4 is 11.6 Å². The highest BCUT2D eigenvalue weighted by Gasteiger charge is 2.32. The molecule has 0 aromatic heterocycles. The number of hydrogen-bond acceptors (Lipinski definition) is 5. The second-order valence-corrected chi connectivity index (χ2v) is 5.93. The van der Waals surface area contributed by atoms with Crippen LogP contribution in [0, 0.1) is 0 Å². The molecule has 1 aliphatic rings. The Morgan fingerprint density at radius 1 is 1.12 bits per heavy atom. The normalized spacial score (nSPS) is 16.0. The van der Waals surface area contributed by atoms with Gasteiger partial charge in [0.15, 0.2) is 11.5 Å². The molecule has 0 aliphatic carbocycles. The average Bonchev–Trinajstić information content (AvgIpc) is 2.68. The molecule has 3 rings (SSSR count). The summed E-state index contributed by atoms with van der Waals surface area (Å²) in [6, 6.07) is 13.3. The van der Waals surface area contributed by atoms with E-state index in [-0.39, 0.29) is 12.1 Å². The Bertz CT molecular complexity index is 778. The summed E-state index contributed by atoms with van der Waals surface area (Å²) in [6.45, 7) is 3.43. The molecule has 0 spiro atoms. The second-order valence-electron chi connectivity index (χ2n) is 5.93. The van der Waals surface area contributed by atoms with Gasteiger partial charge in [-0.05, 0) is 36.8 Å². The van der Waals surface area contributed by atoms with Crippen LogP contribution < -0.4 is 14.8 Å². The van der Waals surface area contributed by atoms with Crippen LogP contribution in [0.2, 0.25) is 0 Å². The SMILES string of the molecule is CCOc1ccc([C@H]2Nc3ccccc3C(=O)N2CCOC)cc1OC. The van der Waals surface area contributed by atoms with E-state index in [2.05, 4.69) is 5.32 Å². The maximum absolute atomic E-state index is 13.0. The van der Waals surface area contributed by atoms with E-state index in [1.165, 1.54) is 0 Å². The molecule has 1 heterocycles. The summed E-state index contributed by atoms with van der Waals surface area (Å²) in [5.41, 5.74) is 2.41. The van der Waals surface area contributed by atoms with Crippen molar-refractivity contribution in [2.24, 2.45) is 0 Å². The standard InChI is InChI=1S/C20H24N2O4/c1-4-26-17-10-9-14(13-18(17)25-3)19-21-16-8-6-5-7-15(16)20(23)22(19)11-12-24-2/h5-10,13,19,21H,4,11-12H2,1-3H3/t19-/m0/s1. The number of rotatable bonds is 7. The molecule has 0 radical (unpaired) electrons. The van der Waals surface area contributed by atoms with Gasteiger partial charge in [-0.15, -0.1) is 0 Å². The Balaban J connectivity index is 1.99. The molecule has 0 saturated carbocycles. The van der Waals surface area contributed by atoms with Crippen LogP contribution in [-0.4, -0.2) is 44.8 Å². The fraction of sp³-hybridized carbons (Fsp3) is 0.350. The van der Waals surface area contributed by atoms with Crippen LogP contribution in [0.4, 0.5) is 5.69 Å². The first-order valence-electron chi connectivity index (χ1n) is 8.65. The molecule has 26 heavy (non-hydrogen) atoms. The van der Waals surface area contributed by atoms with Gasteiger partial charge in [0.1, 0.15) is 6.17 Å². The molecule has 138 valence electrons. The predicted octanol–water partition coefficient (Wildman–Crippen LogP) is 3.31. The summed E-state index contributed by atoms with van der Waals surface area (Å²) in [4.78, 5) is 14.8. The molecule has 1 N–H and O–H groups in total. The van der Waals surface area contributed by atoms with Crippen molar-refractivity contribution in [2.45, 2.75) is 13.1 Å². The first-order valence-corrected chi connectivity index (χ1v) is 8.65. The highest BCUT2D eigenvalue weighted by molar-refractivity contribution is 6.01. The largest absolute Gasteiger partial charge is 0.493 e. The lowest BCUT2D eigenvalue weighted by Crippen LogP contribution is -2.44. The Kier molecular flexibility index (Phi) is 5.63. The molecule has 0 unspecified atom stereocenters. The number of amides is 1. The van der Waals surface area contributed by atoms with E-state index in [1.807, 2.05) is 49.4 Å². The van der Waals surface area contributed by atoms with Crippen LogP contribution in [0.5, 0.6) is 11.5 Å². The molecular formula is C20H24N2O4. The van der Waals surface area contributed by atoms with Gasteiger partial charge < -0.3 is 24.4 Å². The minimum Gasteiger partial charge on any atom is -0.493 e. The fourth-order valence-corrected chi connectivity index (χ4v) is 3.11. The molecule has 1 amide bonds. The molecule has 0 saturated heterocycles. The zero-order valence-electron chi connectivity index (χ0n) is 15.3. The van der Waals surface area contributed by atoms with Crippen LogP contribution in [0.1, 0.15) is 29.0 Å². The van der Waals surface area contributed by atoms with Gasteiger partial charge in [-0.3, -0.25) is 4.79 Å². The molecule has 1 aliphatic heterocycles. The van der Waals surface area contributed by atoms with Crippen molar-refractivity contribution in [3.63, 3.8) is 0 Å². The highest BCUT2D eigenvalue weighted by Crippen LogP contribution is 2.36.